The lowest BCUT2D eigenvalue weighted by molar-refractivity contribution is -0.272. The van der Waals surface area contributed by atoms with Crippen molar-refractivity contribution in [3.8, 4) is 0 Å². The van der Waals surface area contributed by atoms with Crippen LogP contribution in [0.1, 0.15) is 72.8 Å². The summed E-state index contributed by atoms with van der Waals surface area (Å²) in [4.78, 5) is 61.9. The molecule has 20 nitrogen and oxygen atoms in total. The summed E-state index contributed by atoms with van der Waals surface area (Å²) < 4.78 is 38.4. The van der Waals surface area contributed by atoms with Crippen LogP contribution in [0.15, 0.2) is 59.8 Å². The number of carbonyl (C=O) groups is 4. The van der Waals surface area contributed by atoms with Crippen LogP contribution in [0.4, 0.5) is 0 Å². The largest absolute Gasteiger partial charge is 0.463 e. The molecule has 0 radical (unpaired) electrons. The van der Waals surface area contributed by atoms with E-state index in [0.29, 0.717) is 37.2 Å². The summed E-state index contributed by atoms with van der Waals surface area (Å²) in [7, 11) is 3.27. The summed E-state index contributed by atoms with van der Waals surface area (Å²) in [5, 5.41) is 49.3. The Labute approximate surface area is 458 Å². The van der Waals surface area contributed by atoms with E-state index < -0.39 is 82.1 Å². The Bertz CT molecular complexity index is 2080. The van der Waals surface area contributed by atoms with E-state index in [4.69, 9.17) is 51.9 Å². The Morgan fingerprint density at radius 1 is 0.800 bits per heavy atom. The van der Waals surface area contributed by atoms with Gasteiger partial charge in [0.2, 0.25) is 23.3 Å². The molecule has 3 amide bonds. The number of amides is 3. The monoisotopic (exact) mass is 1130 g/mol. The number of carbonyl (C=O) groups excluding carboxylic acids is 4. The van der Waals surface area contributed by atoms with Gasteiger partial charge in [-0.25, -0.2) is 11.6 Å². The molecular weight excluding hydrogens is 1050 g/mol. The van der Waals surface area contributed by atoms with Gasteiger partial charge in [0.15, 0.2) is 6.29 Å². The number of aromatic nitrogens is 1. The van der Waals surface area contributed by atoms with Crippen LogP contribution in [0.5, 0.6) is 0 Å². The highest BCUT2D eigenvalue weighted by Gasteiger charge is 2.56. The van der Waals surface area contributed by atoms with Crippen LogP contribution in [0, 0.1) is 17.4 Å². The van der Waals surface area contributed by atoms with E-state index in [1.807, 2.05) is 62.4 Å². The minimum absolute atomic E-state index is 0.00493. The quantitative estimate of drug-likeness (QED) is 0.0167. The highest BCUT2D eigenvalue weighted by molar-refractivity contribution is 8.76. The zero-order valence-electron chi connectivity index (χ0n) is 43.8. The SMILES string of the molecule is [C-]#[N+]C(C)(CCC(=O)OCCOCCOCCOCCSSc1ccccn1)CC(C)(C(=O)NCCOCCO[C@@H]1O[C@H](CO)C(O)[C@H](O)[C@H]1NC(C)=O)C(C)(C)CC(C)(SC(=S)c1ccccc1)C(=O)NCCO. The number of ether oxygens (including phenoxy) is 7. The number of esters is 1. The average Bonchev–Trinajstić information content (AvgIpc) is 3.38. The summed E-state index contributed by atoms with van der Waals surface area (Å²) in [5.74, 6) is -1.06. The van der Waals surface area contributed by atoms with Crippen molar-refractivity contribution in [1.82, 2.24) is 20.9 Å². The third kappa shape index (κ3) is 22.8. The Morgan fingerprint density at radius 3 is 2.05 bits per heavy atom. The summed E-state index contributed by atoms with van der Waals surface area (Å²) in [6.07, 6.45) is -3.56. The van der Waals surface area contributed by atoms with Gasteiger partial charge < -0.3 is 74.4 Å². The van der Waals surface area contributed by atoms with Gasteiger partial charge in [0.1, 0.15) is 36.0 Å². The molecule has 0 saturated carbocycles. The number of benzene rings is 1. The number of pyridine rings is 1. The topological polar surface area (TPSA) is 267 Å². The summed E-state index contributed by atoms with van der Waals surface area (Å²) in [6, 6.07) is 13.9. The molecule has 3 rings (SSSR count). The minimum atomic E-state index is -1.48. The van der Waals surface area contributed by atoms with Crippen LogP contribution in [-0.4, -0.2) is 192 Å². The number of rotatable bonds is 37. The molecule has 75 heavy (non-hydrogen) atoms. The first-order valence-electron chi connectivity index (χ1n) is 24.8. The molecule has 7 N–H and O–H groups in total. The van der Waals surface area contributed by atoms with E-state index >= 15 is 0 Å². The minimum Gasteiger partial charge on any atom is -0.463 e. The third-order valence-corrected chi connectivity index (χ3v) is 16.4. The maximum atomic E-state index is 14.7. The van der Waals surface area contributed by atoms with Crippen molar-refractivity contribution >= 4 is 73.5 Å². The zero-order valence-corrected chi connectivity index (χ0v) is 47.1. The average molecular weight is 1130 g/mol. The van der Waals surface area contributed by atoms with Gasteiger partial charge >= 0.3 is 5.97 Å². The second-order valence-electron chi connectivity index (χ2n) is 18.9. The Balaban J connectivity index is 1.61. The Kier molecular flexibility index (Phi) is 30.1. The van der Waals surface area contributed by atoms with Crippen LogP contribution in [0.3, 0.4) is 0 Å². The molecule has 8 atom stereocenters. The molecule has 1 aromatic heterocycles. The van der Waals surface area contributed by atoms with Gasteiger partial charge in [-0.3, -0.25) is 19.2 Å². The Morgan fingerprint density at radius 2 is 1.43 bits per heavy atom. The van der Waals surface area contributed by atoms with Crippen molar-refractivity contribution in [2.24, 2.45) is 10.8 Å². The summed E-state index contributed by atoms with van der Waals surface area (Å²) >= 11 is 7.02. The van der Waals surface area contributed by atoms with Gasteiger partial charge in [-0.05, 0) is 54.2 Å². The molecule has 4 unspecified atom stereocenters. The maximum absolute atomic E-state index is 14.7. The fourth-order valence-corrected chi connectivity index (χ4v) is 11.8. The van der Waals surface area contributed by atoms with Crippen molar-refractivity contribution in [3.63, 3.8) is 0 Å². The molecular formula is C51H77N5O15S4. The first-order valence-corrected chi connectivity index (χ1v) is 28.3. The van der Waals surface area contributed by atoms with E-state index in [9.17, 15) is 39.6 Å². The molecule has 420 valence electrons. The zero-order chi connectivity index (χ0) is 55.3. The molecule has 1 aromatic carbocycles. The molecule has 0 bridgehead atoms. The maximum Gasteiger partial charge on any atom is 0.306 e. The number of thioether (sulfide) groups is 1. The molecule has 1 saturated heterocycles. The van der Waals surface area contributed by atoms with Gasteiger partial charge in [-0.15, -0.1) is 0 Å². The van der Waals surface area contributed by atoms with E-state index in [1.54, 1.807) is 48.6 Å². The van der Waals surface area contributed by atoms with Crippen molar-refractivity contribution in [3.05, 3.63) is 71.7 Å². The number of nitrogens with zero attached hydrogens (tertiary/aromatic N) is 2. The van der Waals surface area contributed by atoms with Crippen molar-refractivity contribution in [1.29, 1.82) is 0 Å². The van der Waals surface area contributed by atoms with E-state index in [-0.39, 0.29) is 78.4 Å². The summed E-state index contributed by atoms with van der Waals surface area (Å²) in [6.45, 7) is 19.7. The number of aliphatic hydroxyl groups excluding tert-OH is 4. The number of nitrogens with one attached hydrogen (secondary N) is 3. The molecule has 2 aromatic rings. The standard InChI is InChI=1S/C51H77N5O15S4/c1-36(59)56-41-43(62)42(61)38(33-58)71-44(41)70-30-28-65-22-20-55-46(63)50(5,48(2,3)34-51(6,47(64)54-19-21-57)74-45(72)37-13-9-8-10-14-37)35-49(4,52-7)17-16-40(60)69-29-27-67-24-23-66-25-26-68-31-32-73-75-39-15-11-12-18-53-39/h8-15,18,38,41-44,57-58,61-62H,16-17,19-35H2,1-6H3,(H,54,64)(H,55,63)(H,56,59)/t38-,41-,42?,43-,44-,49?,50?,51?/m1/s1. The van der Waals surface area contributed by atoms with Gasteiger partial charge in [-0.2, -0.15) is 0 Å². The van der Waals surface area contributed by atoms with E-state index in [2.05, 4.69) is 25.8 Å². The van der Waals surface area contributed by atoms with Gasteiger partial charge in [0.05, 0.1) is 93.5 Å². The van der Waals surface area contributed by atoms with Crippen LogP contribution in [0.2, 0.25) is 0 Å². The second-order valence-corrected chi connectivity index (χ2v) is 23.6. The van der Waals surface area contributed by atoms with Crippen molar-refractivity contribution in [2.75, 3.05) is 98.1 Å². The number of hydrogen-bond acceptors (Lipinski definition) is 20. The highest BCUT2D eigenvalue weighted by atomic mass is 33.1. The smallest absolute Gasteiger partial charge is 0.306 e. The second kappa shape index (κ2) is 34.4. The fraction of sp³-hybridized carbons (Fsp3) is 0.667. The third-order valence-electron chi connectivity index (χ3n) is 12.5. The predicted octanol–water partition coefficient (Wildman–Crippen LogP) is 3.75. The van der Waals surface area contributed by atoms with Gasteiger partial charge in [0.25, 0.3) is 0 Å². The van der Waals surface area contributed by atoms with E-state index in [0.717, 1.165) is 16.3 Å². The number of hydrogen-bond donors (Lipinski definition) is 7. The first-order chi connectivity index (χ1) is 35.7. The van der Waals surface area contributed by atoms with Gasteiger partial charge in [-0.1, -0.05) is 85.0 Å². The molecule has 1 aliphatic heterocycles. The lowest BCUT2D eigenvalue weighted by Crippen LogP contribution is -2.64. The van der Waals surface area contributed by atoms with Crippen LogP contribution < -0.4 is 16.0 Å². The number of aliphatic hydroxyl groups is 4. The normalized spacial score (nSPS) is 20.1. The lowest BCUT2D eigenvalue weighted by atomic mass is 9.57. The molecule has 1 aliphatic rings. The lowest BCUT2D eigenvalue weighted by Gasteiger charge is -2.48. The van der Waals surface area contributed by atoms with E-state index in [1.165, 1.54) is 18.7 Å². The van der Waals surface area contributed by atoms with Crippen molar-refractivity contribution < 1.29 is 72.8 Å². The number of thiocarbonyl (C=S) groups is 1. The molecule has 2 heterocycles. The van der Waals surface area contributed by atoms with Gasteiger partial charge in [0, 0.05) is 51.7 Å². The first kappa shape index (κ1) is 65.8. The predicted molar refractivity (Wildman–Crippen MR) is 291 cm³/mol. The van der Waals surface area contributed by atoms with Crippen LogP contribution >= 0.6 is 45.6 Å². The van der Waals surface area contributed by atoms with Crippen LogP contribution in [-0.2, 0) is 52.3 Å². The van der Waals surface area contributed by atoms with Crippen molar-refractivity contribution in [2.45, 2.75) is 113 Å². The molecule has 24 heteroatoms. The highest BCUT2D eigenvalue weighted by Crippen LogP contribution is 2.53. The Hall–Kier alpha value is -3.52. The molecule has 0 aliphatic carbocycles. The fourth-order valence-electron chi connectivity index (χ4n) is 8.13. The summed E-state index contributed by atoms with van der Waals surface area (Å²) in [5.41, 5.74) is -2.96. The van der Waals surface area contributed by atoms with Crippen LogP contribution in [0.25, 0.3) is 4.85 Å². The molecule has 1 fully saturated rings. The molecule has 0 spiro atoms.